The normalized spacial score (nSPS) is 10.8. The molecule has 0 radical (unpaired) electrons. The Balaban J connectivity index is 1.42. The minimum absolute atomic E-state index is 0.0940. The van der Waals surface area contributed by atoms with Crippen LogP contribution >= 0.6 is 0 Å². The first-order valence-electron chi connectivity index (χ1n) is 8.35. The number of H-pyrrole nitrogens is 1. The van der Waals surface area contributed by atoms with E-state index in [2.05, 4.69) is 30.8 Å². The molecule has 9 heteroatoms. The molecule has 0 atom stereocenters. The summed E-state index contributed by atoms with van der Waals surface area (Å²) in [5.74, 6) is -1.85. The van der Waals surface area contributed by atoms with Gasteiger partial charge in [-0.05, 0) is 18.2 Å². The number of amides is 1. The number of hydrogen-bond donors (Lipinski definition) is 3. The molecule has 0 spiro atoms. The van der Waals surface area contributed by atoms with Crippen LogP contribution in [-0.2, 0) is 11.2 Å². The smallest absolute Gasteiger partial charge is 0.230 e. The molecule has 28 heavy (non-hydrogen) atoms. The average Bonchev–Trinajstić information content (AvgIpc) is 3.12. The number of carbonyl (C=O) groups excluding carboxylic acids is 1. The molecule has 2 aromatic heterocycles. The Kier molecular flexibility index (Phi) is 4.63. The van der Waals surface area contributed by atoms with Crippen LogP contribution in [0.2, 0.25) is 0 Å². The van der Waals surface area contributed by atoms with Crippen LogP contribution < -0.4 is 10.6 Å². The fourth-order valence-electron chi connectivity index (χ4n) is 2.63. The molecule has 7 nitrogen and oxygen atoms in total. The lowest BCUT2D eigenvalue weighted by molar-refractivity contribution is -0.115. The maximum Gasteiger partial charge on any atom is 0.230 e. The summed E-state index contributed by atoms with van der Waals surface area (Å²) in [4.78, 5) is 20.7. The third-order valence-corrected chi connectivity index (χ3v) is 3.94. The molecule has 2 aromatic carbocycles. The van der Waals surface area contributed by atoms with Gasteiger partial charge < -0.3 is 10.6 Å². The van der Waals surface area contributed by atoms with Crippen molar-refractivity contribution in [1.82, 2.24) is 20.2 Å². The van der Waals surface area contributed by atoms with E-state index in [1.807, 2.05) is 24.3 Å². The molecular weight excluding hydrogens is 366 g/mol. The zero-order valence-corrected chi connectivity index (χ0v) is 14.4. The molecule has 4 rings (SSSR count). The summed E-state index contributed by atoms with van der Waals surface area (Å²) in [5, 5.41) is 13.0. The average molecular weight is 380 g/mol. The summed E-state index contributed by atoms with van der Waals surface area (Å²) in [6.07, 6.45) is 1.60. The van der Waals surface area contributed by atoms with Crippen molar-refractivity contribution in [2.24, 2.45) is 0 Å². The van der Waals surface area contributed by atoms with Crippen molar-refractivity contribution >= 4 is 34.3 Å². The molecule has 140 valence electrons. The van der Waals surface area contributed by atoms with Gasteiger partial charge in [-0.2, -0.15) is 5.10 Å². The summed E-state index contributed by atoms with van der Waals surface area (Å²) < 4.78 is 26.8. The summed E-state index contributed by atoms with van der Waals surface area (Å²) in [5.41, 5.74) is 1.05. The van der Waals surface area contributed by atoms with Gasteiger partial charge in [-0.15, -0.1) is 0 Å². The minimum Gasteiger partial charge on any atom is -0.323 e. The van der Waals surface area contributed by atoms with E-state index in [0.29, 0.717) is 17.5 Å². The number of hydrogen-bond acceptors (Lipinski definition) is 5. The second-order valence-electron chi connectivity index (χ2n) is 5.98. The predicted octanol–water partition coefficient (Wildman–Crippen LogP) is 3.56. The molecule has 4 aromatic rings. The molecular formula is C19H14F2N6O. The lowest BCUT2D eigenvalue weighted by atomic mass is 10.2. The Bertz CT molecular complexity index is 1160. The number of carbonyl (C=O) groups is 1. The Morgan fingerprint density at radius 1 is 1.11 bits per heavy atom. The Morgan fingerprint density at radius 3 is 2.86 bits per heavy atom. The van der Waals surface area contributed by atoms with Crippen LogP contribution in [0.3, 0.4) is 0 Å². The maximum atomic E-state index is 13.6. The SMILES string of the molecule is O=C(Cc1cc(Nc2ncc3ccccc3n2)n[nH]1)Nc1cccc(F)c1F. The third kappa shape index (κ3) is 3.78. The van der Waals surface area contributed by atoms with Crippen LogP contribution in [0.25, 0.3) is 10.9 Å². The van der Waals surface area contributed by atoms with Crippen LogP contribution in [0.5, 0.6) is 0 Å². The van der Waals surface area contributed by atoms with Gasteiger partial charge in [0.1, 0.15) is 0 Å². The van der Waals surface area contributed by atoms with E-state index in [0.717, 1.165) is 17.0 Å². The van der Waals surface area contributed by atoms with Crippen molar-refractivity contribution in [3.8, 4) is 0 Å². The van der Waals surface area contributed by atoms with Crippen molar-refractivity contribution in [1.29, 1.82) is 0 Å². The van der Waals surface area contributed by atoms with Crippen molar-refractivity contribution in [2.75, 3.05) is 10.6 Å². The highest BCUT2D eigenvalue weighted by molar-refractivity contribution is 5.92. The van der Waals surface area contributed by atoms with Gasteiger partial charge in [0, 0.05) is 23.3 Å². The standard InChI is InChI=1S/C19H14F2N6O/c20-13-5-3-7-15(18(13)21)23-17(28)9-12-8-16(27-26-12)25-19-22-10-11-4-1-2-6-14(11)24-19/h1-8,10H,9H2,(H,23,28)(H2,22,24,25,26,27). The van der Waals surface area contributed by atoms with Crippen molar-refractivity contribution in [2.45, 2.75) is 6.42 Å². The Labute approximate surface area is 157 Å². The number of anilines is 3. The molecule has 0 aliphatic rings. The summed E-state index contributed by atoms with van der Waals surface area (Å²) in [7, 11) is 0. The number of fused-ring (bicyclic) bond motifs is 1. The Morgan fingerprint density at radius 2 is 1.96 bits per heavy atom. The number of rotatable bonds is 5. The van der Waals surface area contributed by atoms with Gasteiger partial charge in [0.05, 0.1) is 17.6 Å². The molecule has 0 fully saturated rings. The van der Waals surface area contributed by atoms with Crippen molar-refractivity contribution in [3.63, 3.8) is 0 Å². The fraction of sp³-hybridized carbons (Fsp3) is 0.0526. The van der Waals surface area contributed by atoms with Gasteiger partial charge in [0.15, 0.2) is 17.5 Å². The molecule has 0 saturated heterocycles. The summed E-state index contributed by atoms with van der Waals surface area (Å²) >= 11 is 0. The Hall–Kier alpha value is -3.88. The molecule has 0 aliphatic carbocycles. The van der Waals surface area contributed by atoms with Gasteiger partial charge in [0.25, 0.3) is 0 Å². The number of benzene rings is 2. The zero-order chi connectivity index (χ0) is 19.5. The molecule has 3 N–H and O–H groups in total. The van der Waals surface area contributed by atoms with Crippen molar-refractivity contribution in [3.05, 3.63) is 72.1 Å². The fourth-order valence-corrected chi connectivity index (χ4v) is 2.63. The topological polar surface area (TPSA) is 95.6 Å². The van der Waals surface area contributed by atoms with Crippen molar-refractivity contribution < 1.29 is 13.6 Å². The molecule has 1 amide bonds. The highest BCUT2D eigenvalue weighted by Crippen LogP contribution is 2.18. The van der Waals surface area contributed by atoms with Crippen LogP contribution in [-0.4, -0.2) is 26.1 Å². The van der Waals surface area contributed by atoms with E-state index in [-0.39, 0.29) is 12.1 Å². The van der Waals surface area contributed by atoms with Gasteiger partial charge >= 0.3 is 0 Å². The number of aromatic amines is 1. The summed E-state index contributed by atoms with van der Waals surface area (Å²) in [6.45, 7) is 0. The number of nitrogens with one attached hydrogen (secondary N) is 3. The van der Waals surface area contributed by atoms with E-state index in [9.17, 15) is 13.6 Å². The second-order valence-corrected chi connectivity index (χ2v) is 5.98. The van der Waals surface area contributed by atoms with Crippen LogP contribution in [0, 0.1) is 11.6 Å². The molecule has 0 bridgehead atoms. The number of para-hydroxylation sites is 1. The van der Waals surface area contributed by atoms with Crippen LogP contribution in [0.1, 0.15) is 5.69 Å². The summed E-state index contributed by atoms with van der Waals surface area (Å²) in [6, 6.07) is 12.8. The first-order valence-corrected chi connectivity index (χ1v) is 8.35. The number of halogens is 2. The van der Waals surface area contributed by atoms with Gasteiger partial charge in [-0.3, -0.25) is 9.89 Å². The van der Waals surface area contributed by atoms with E-state index in [1.165, 1.54) is 12.1 Å². The maximum absolute atomic E-state index is 13.6. The second kappa shape index (κ2) is 7.39. The number of aromatic nitrogens is 4. The molecule has 0 aliphatic heterocycles. The third-order valence-electron chi connectivity index (χ3n) is 3.94. The predicted molar refractivity (Wildman–Crippen MR) is 100 cm³/mol. The van der Waals surface area contributed by atoms with Gasteiger partial charge in [0.2, 0.25) is 11.9 Å². The number of nitrogens with zero attached hydrogens (tertiary/aromatic N) is 3. The first-order chi connectivity index (χ1) is 13.6. The molecule has 0 saturated carbocycles. The van der Waals surface area contributed by atoms with Crippen LogP contribution in [0.15, 0.2) is 54.7 Å². The van der Waals surface area contributed by atoms with E-state index in [4.69, 9.17) is 0 Å². The van der Waals surface area contributed by atoms with E-state index < -0.39 is 17.5 Å². The molecule has 0 unspecified atom stereocenters. The largest absolute Gasteiger partial charge is 0.323 e. The first kappa shape index (κ1) is 17.5. The van der Waals surface area contributed by atoms with E-state index in [1.54, 1.807) is 12.3 Å². The minimum atomic E-state index is -1.10. The lowest BCUT2D eigenvalue weighted by Crippen LogP contribution is -2.16. The highest BCUT2D eigenvalue weighted by Gasteiger charge is 2.13. The zero-order valence-electron chi connectivity index (χ0n) is 14.4. The molecule has 2 heterocycles. The lowest BCUT2D eigenvalue weighted by Gasteiger charge is -2.05. The quantitative estimate of drug-likeness (QED) is 0.492. The van der Waals surface area contributed by atoms with Gasteiger partial charge in [-0.1, -0.05) is 24.3 Å². The monoisotopic (exact) mass is 380 g/mol. The van der Waals surface area contributed by atoms with Crippen LogP contribution in [0.4, 0.5) is 26.2 Å². The highest BCUT2D eigenvalue weighted by atomic mass is 19.2. The van der Waals surface area contributed by atoms with Gasteiger partial charge in [-0.25, -0.2) is 18.7 Å². The van der Waals surface area contributed by atoms with E-state index >= 15 is 0 Å².